The Morgan fingerprint density at radius 3 is 1.79 bits per heavy atom. The van der Waals surface area contributed by atoms with Crippen LogP contribution in [0.25, 0.3) is 0 Å². The lowest BCUT2D eigenvalue weighted by atomic mass is 10.2. The van der Waals surface area contributed by atoms with Gasteiger partial charge in [-0.25, -0.2) is 0 Å². The summed E-state index contributed by atoms with van der Waals surface area (Å²) in [5, 5.41) is 18.0. The van der Waals surface area contributed by atoms with E-state index in [9.17, 15) is 0 Å². The summed E-state index contributed by atoms with van der Waals surface area (Å²) >= 11 is 0. The Labute approximate surface area is 210 Å². The van der Waals surface area contributed by atoms with Gasteiger partial charge in [0.05, 0.1) is 6.61 Å². The summed E-state index contributed by atoms with van der Waals surface area (Å²) in [5.41, 5.74) is 0. The molecule has 33 heavy (non-hydrogen) atoms. The first-order chi connectivity index (χ1) is 15.0. The van der Waals surface area contributed by atoms with Crippen molar-refractivity contribution < 1.29 is 31.4 Å². The van der Waals surface area contributed by atoms with E-state index in [1.807, 2.05) is 0 Å². The van der Waals surface area contributed by atoms with Gasteiger partial charge in [-0.15, -0.1) is 0 Å². The minimum atomic E-state index is -2.53. The number of hydrogen-bond acceptors (Lipinski definition) is 7. The predicted octanol–water partition coefficient (Wildman–Crippen LogP) is 5.40. The van der Waals surface area contributed by atoms with Crippen LogP contribution in [0.4, 0.5) is 0 Å². The highest BCUT2D eigenvalue weighted by molar-refractivity contribution is 6.88. The van der Waals surface area contributed by atoms with Gasteiger partial charge in [0.1, 0.15) is 0 Å². The highest BCUT2D eigenvalue weighted by Crippen LogP contribution is 2.30. The summed E-state index contributed by atoms with van der Waals surface area (Å²) in [7, 11) is -10.3. The maximum absolute atomic E-state index is 9.00. The quantitative estimate of drug-likeness (QED) is 0.117. The van der Waals surface area contributed by atoms with Crippen LogP contribution in [0.2, 0.25) is 71.0 Å². The average Bonchev–Trinajstić information content (AvgIpc) is 2.57. The van der Waals surface area contributed by atoms with E-state index < -0.39 is 49.3 Å². The summed E-state index contributed by atoms with van der Waals surface area (Å²) in [6, 6.07) is 1.76. The lowest BCUT2D eigenvalue weighted by molar-refractivity contribution is -0.0945. The van der Waals surface area contributed by atoms with Crippen LogP contribution in [0.15, 0.2) is 0 Å². The molecule has 0 radical (unpaired) electrons. The first-order valence-electron chi connectivity index (χ1n) is 12.7. The minimum Gasteiger partial charge on any atom is -0.439 e. The van der Waals surface area contributed by atoms with Crippen molar-refractivity contribution in [3.8, 4) is 0 Å². The first kappa shape index (κ1) is 33.8. The number of aliphatic hydroxyl groups excluding tert-OH is 1. The maximum Gasteiger partial charge on any atom is 0.317 e. The first-order valence-corrected chi connectivity index (χ1v) is 26.7. The van der Waals surface area contributed by atoms with E-state index in [-0.39, 0.29) is 6.61 Å². The third-order valence-electron chi connectivity index (χ3n) is 4.81. The van der Waals surface area contributed by atoms with E-state index in [0.717, 1.165) is 24.9 Å². The number of rotatable bonds is 20. The molecule has 0 aliphatic carbocycles. The second-order valence-electron chi connectivity index (χ2n) is 11.3. The van der Waals surface area contributed by atoms with Crippen LogP contribution >= 0.6 is 0 Å². The Balaban J connectivity index is 5.40. The third kappa shape index (κ3) is 19.6. The van der Waals surface area contributed by atoms with Gasteiger partial charge in [0.25, 0.3) is 9.28 Å². The Hall–Kier alpha value is 0.804. The van der Waals surface area contributed by atoms with E-state index >= 15 is 0 Å². The van der Waals surface area contributed by atoms with Crippen LogP contribution in [-0.4, -0.2) is 72.8 Å². The van der Waals surface area contributed by atoms with Crippen molar-refractivity contribution in [2.75, 3.05) is 13.2 Å². The Kier molecular flexibility index (Phi) is 16.2. The molecule has 0 aromatic carbocycles. The zero-order chi connectivity index (χ0) is 25.8. The summed E-state index contributed by atoms with van der Waals surface area (Å²) in [6.07, 6.45) is 5.42. The van der Waals surface area contributed by atoms with Gasteiger partial charge >= 0.3 is 17.1 Å². The molecule has 0 heterocycles. The van der Waals surface area contributed by atoms with Gasteiger partial charge in [0.2, 0.25) is 0 Å². The molecule has 0 saturated heterocycles. The van der Waals surface area contributed by atoms with Gasteiger partial charge in [-0.1, -0.05) is 39.0 Å². The van der Waals surface area contributed by atoms with Gasteiger partial charge in [0, 0.05) is 6.61 Å². The topological polar surface area (TPSA) is 86.6 Å². The molecule has 0 aliphatic heterocycles. The van der Waals surface area contributed by atoms with Gasteiger partial charge in [0.15, 0.2) is 22.9 Å². The molecule has 0 aromatic heterocycles. The number of aliphatic hydroxyl groups is 2. The molecule has 0 rings (SSSR count). The Morgan fingerprint density at radius 1 is 0.697 bits per heavy atom. The van der Waals surface area contributed by atoms with Crippen molar-refractivity contribution in [2.45, 2.75) is 123 Å². The van der Waals surface area contributed by atoms with E-state index in [1.54, 1.807) is 0 Å². The van der Waals surface area contributed by atoms with Crippen molar-refractivity contribution in [3.63, 3.8) is 0 Å². The van der Waals surface area contributed by atoms with Crippen LogP contribution in [0.5, 0.6) is 0 Å². The zero-order valence-electron chi connectivity index (χ0n) is 23.2. The molecule has 0 amide bonds. The molecule has 0 bridgehead atoms. The highest BCUT2D eigenvalue weighted by Gasteiger charge is 2.45. The summed E-state index contributed by atoms with van der Waals surface area (Å²) < 4.78 is 32.2. The normalized spacial score (nSPS) is 17.7. The van der Waals surface area contributed by atoms with Gasteiger partial charge in [-0.3, -0.25) is 0 Å². The molecule has 0 saturated carbocycles. The van der Waals surface area contributed by atoms with Gasteiger partial charge < -0.3 is 31.4 Å². The largest absolute Gasteiger partial charge is 0.439 e. The van der Waals surface area contributed by atoms with Gasteiger partial charge in [-0.05, 0) is 77.4 Å². The van der Waals surface area contributed by atoms with Crippen LogP contribution in [0.3, 0.4) is 0 Å². The fraction of sp³-hybridized carbons (Fsp3) is 1.00. The molecule has 7 nitrogen and oxygen atoms in total. The van der Waals surface area contributed by atoms with E-state index in [0.29, 0.717) is 6.61 Å². The molecule has 0 fully saturated rings. The molecule has 3 unspecified atom stereocenters. The molecule has 3 atom stereocenters. The van der Waals surface area contributed by atoms with Crippen molar-refractivity contribution >= 4 is 43.0 Å². The molecular formula is C21H54O7Si5. The lowest BCUT2D eigenvalue weighted by Gasteiger charge is -2.42. The summed E-state index contributed by atoms with van der Waals surface area (Å²) in [4.78, 5) is 0. The van der Waals surface area contributed by atoms with E-state index in [4.69, 9.17) is 31.4 Å². The van der Waals surface area contributed by atoms with Crippen LogP contribution < -0.4 is 0 Å². The smallest absolute Gasteiger partial charge is 0.317 e. The van der Waals surface area contributed by atoms with E-state index in [2.05, 4.69) is 65.8 Å². The standard InChI is InChI=1S/C21H54O7Si5/c1-11-12-13-14-15-18-32(9,26-29(2)25-30(3,4)5)28-33(10,27-31(6,7)8)19-16-17-24-20-21(22)23/h21-23,29H,11-20H2,1-10H3. The van der Waals surface area contributed by atoms with Crippen LogP contribution in [0.1, 0.15) is 45.4 Å². The Morgan fingerprint density at radius 2 is 1.27 bits per heavy atom. The second-order valence-corrected chi connectivity index (χ2v) is 30.0. The number of unbranched alkanes of at least 4 members (excludes halogenated alkanes) is 4. The molecule has 0 aliphatic rings. The second kappa shape index (κ2) is 15.8. The molecule has 0 spiro atoms. The third-order valence-corrected chi connectivity index (χ3v) is 22.4. The number of ether oxygens (including phenoxy) is 1. The minimum absolute atomic E-state index is 0.0709. The molecule has 0 aromatic rings. The fourth-order valence-electron chi connectivity index (χ4n) is 3.97. The molecular weight excluding hydrogens is 505 g/mol. The number of hydrogen-bond donors (Lipinski definition) is 2. The molecule has 12 heteroatoms. The van der Waals surface area contributed by atoms with Crippen molar-refractivity contribution in [3.05, 3.63) is 0 Å². The van der Waals surface area contributed by atoms with Gasteiger partial charge in [-0.2, -0.15) is 0 Å². The monoisotopic (exact) mass is 558 g/mol. The van der Waals surface area contributed by atoms with Crippen LogP contribution in [-0.2, 0) is 21.2 Å². The zero-order valence-corrected chi connectivity index (χ0v) is 28.3. The Bertz CT molecular complexity index is 516. The van der Waals surface area contributed by atoms with Crippen molar-refractivity contribution in [1.82, 2.24) is 0 Å². The SMILES string of the molecule is CCCCCCC[Si](C)(O[SiH](C)O[Si](C)(C)C)O[Si](C)(CCCOCC(O)O)O[Si](C)(C)C. The maximum atomic E-state index is 9.00. The fourth-order valence-corrected chi connectivity index (χ4v) is 24.8. The van der Waals surface area contributed by atoms with Crippen molar-refractivity contribution in [1.29, 1.82) is 0 Å². The molecule has 2 N–H and O–H groups in total. The summed E-state index contributed by atoms with van der Waals surface area (Å²) in [6.45, 7) is 22.4. The van der Waals surface area contributed by atoms with E-state index in [1.165, 1.54) is 25.7 Å². The molecule has 200 valence electrons. The lowest BCUT2D eigenvalue weighted by Crippen LogP contribution is -2.57. The van der Waals surface area contributed by atoms with Crippen LogP contribution in [0, 0.1) is 0 Å². The predicted molar refractivity (Wildman–Crippen MR) is 149 cm³/mol. The van der Waals surface area contributed by atoms with Crippen molar-refractivity contribution in [2.24, 2.45) is 0 Å². The average molecular weight is 559 g/mol. The summed E-state index contributed by atoms with van der Waals surface area (Å²) in [5.74, 6) is 0. The highest BCUT2D eigenvalue weighted by atomic mass is 28.5.